The van der Waals surface area contributed by atoms with E-state index < -0.39 is 5.63 Å². The number of rotatable bonds is 1. The molecule has 2 N–H and O–H groups in total. The van der Waals surface area contributed by atoms with Crippen molar-refractivity contribution in [3.63, 3.8) is 0 Å². The quantitative estimate of drug-likeness (QED) is 0.798. The molecule has 2 aromatic rings. The van der Waals surface area contributed by atoms with E-state index in [4.69, 9.17) is 10.2 Å². The molecule has 5 nitrogen and oxygen atoms in total. The Kier molecular flexibility index (Phi) is 3.59. The molecule has 0 spiro atoms. The van der Waals surface area contributed by atoms with Crippen molar-refractivity contribution in [1.82, 2.24) is 4.90 Å². The van der Waals surface area contributed by atoms with Gasteiger partial charge in [-0.25, -0.2) is 4.79 Å². The van der Waals surface area contributed by atoms with Gasteiger partial charge in [0.25, 0.3) is 5.91 Å². The lowest BCUT2D eigenvalue weighted by molar-refractivity contribution is 0.0786. The molecular weight excluding hydrogens is 336 g/mol. The van der Waals surface area contributed by atoms with Crippen molar-refractivity contribution in [2.75, 3.05) is 13.1 Å². The van der Waals surface area contributed by atoms with Crippen LogP contribution in [-0.2, 0) is 0 Å². The van der Waals surface area contributed by atoms with Gasteiger partial charge in [0.05, 0.1) is 0 Å². The highest BCUT2D eigenvalue weighted by Gasteiger charge is 2.28. The topological polar surface area (TPSA) is 76.5 Å². The third-order valence-corrected chi connectivity index (χ3v) is 4.35. The Bertz CT molecular complexity index is 784. The molecular formula is C15H15BrN2O3. The Morgan fingerprint density at radius 1 is 1.48 bits per heavy atom. The standard InChI is InChI=1S/C15H15BrN2O3/c1-8-11-6-9(16)2-3-12(11)21-15(20)13(8)14(19)18-5-4-10(17)7-18/h2-3,6,10H,4-5,7,17H2,1H3/t10-/m1/s1. The summed E-state index contributed by atoms with van der Waals surface area (Å²) in [6, 6.07) is 5.34. The minimum Gasteiger partial charge on any atom is -0.422 e. The maximum absolute atomic E-state index is 12.6. The van der Waals surface area contributed by atoms with E-state index in [9.17, 15) is 9.59 Å². The smallest absolute Gasteiger partial charge is 0.349 e. The number of amides is 1. The molecule has 1 fully saturated rings. The summed E-state index contributed by atoms with van der Waals surface area (Å²) < 4.78 is 6.15. The molecule has 1 aliphatic rings. The largest absolute Gasteiger partial charge is 0.422 e. The number of fused-ring (bicyclic) bond motifs is 1. The van der Waals surface area contributed by atoms with Crippen molar-refractivity contribution in [3.05, 3.63) is 44.2 Å². The molecule has 6 heteroatoms. The summed E-state index contributed by atoms with van der Waals surface area (Å²) >= 11 is 3.39. The van der Waals surface area contributed by atoms with Gasteiger partial charge in [-0.05, 0) is 37.1 Å². The molecule has 1 aliphatic heterocycles. The SMILES string of the molecule is Cc1c(C(=O)N2CC[C@@H](N)C2)c(=O)oc2ccc(Br)cc12. The Morgan fingerprint density at radius 2 is 2.24 bits per heavy atom. The van der Waals surface area contributed by atoms with Crippen LogP contribution < -0.4 is 11.4 Å². The zero-order valence-electron chi connectivity index (χ0n) is 11.6. The highest BCUT2D eigenvalue weighted by atomic mass is 79.9. The molecule has 110 valence electrons. The van der Waals surface area contributed by atoms with Crippen LogP contribution in [0.25, 0.3) is 11.0 Å². The second-order valence-electron chi connectivity index (χ2n) is 5.33. The third kappa shape index (κ3) is 2.49. The number of nitrogens with two attached hydrogens (primary N) is 1. The van der Waals surface area contributed by atoms with Crippen molar-refractivity contribution < 1.29 is 9.21 Å². The Hall–Kier alpha value is -1.66. The lowest BCUT2D eigenvalue weighted by Crippen LogP contribution is -2.35. The fraction of sp³-hybridized carbons (Fsp3) is 0.333. The number of carbonyl (C=O) groups excluding carboxylic acids is 1. The maximum atomic E-state index is 12.6. The van der Waals surface area contributed by atoms with E-state index in [0.29, 0.717) is 24.2 Å². The van der Waals surface area contributed by atoms with E-state index in [1.54, 1.807) is 24.0 Å². The normalized spacial score (nSPS) is 18.4. The number of aryl methyl sites for hydroxylation is 1. The molecule has 1 aromatic heterocycles. The number of benzene rings is 1. The molecule has 21 heavy (non-hydrogen) atoms. The zero-order valence-corrected chi connectivity index (χ0v) is 13.1. The molecule has 1 amide bonds. The summed E-state index contributed by atoms with van der Waals surface area (Å²) in [6.45, 7) is 2.83. The number of hydrogen-bond acceptors (Lipinski definition) is 4. The predicted molar refractivity (Wildman–Crippen MR) is 83.4 cm³/mol. The summed E-state index contributed by atoms with van der Waals surface area (Å²) in [5, 5.41) is 0.760. The molecule has 0 saturated carbocycles. The van der Waals surface area contributed by atoms with Gasteiger partial charge in [0, 0.05) is 29.0 Å². The van der Waals surface area contributed by atoms with Crippen LogP contribution in [0.4, 0.5) is 0 Å². The first-order valence-electron chi connectivity index (χ1n) is 6.75. The molecule has 3 rings (SSSR count). The number of nitrogens with zero attached hydrogens (tertiary/aromatic N) is 1. The van der Waals surface area contributed by atoms with Crippen molar-refractivity contribution in [3.8, 4) is 0 Å². The number of carbonyl (C=O) groups is 1. The predicted octanol–water partition coefficient (Wildman–Crippen LogP) is 2.04. The molecule has 0 aliphatic carbocycles. The van der Waals surface area contributed by atoms with E-state index in [1.807, 2.05) is 6.07 Å². The highest BCUT2D eigenvalue weighted by molar-refractivity contribution is 9.10. The average molecular weight is 351 g/mol. The van der Waals surface area contributed by atoms with Crippen molar-refractivity contribution >= 4 is 32.8 Å². The molecule has 1 aromatic carbocycles. The summed E-state index contributed by atoms with van der Waals surface area (Å²) in [7, 11) is 0. The van der Waals surface area contributed by atoms with Gasteiger partial charge in [-0.3, -0.25) is 4.79 Å². The minimum absolute atomic E-state index is 0.0177. The van der Waals surface area contributed by atoms with Crippen LogP contribution in [0.2, 0.25) is 0 Å². The first-order chi connectivity index (χ1) is 9.97. The maximum Gasteiger partial charge on any atom is 0.349 e. The minimum atomic E-state index is -0.590. The van der Waals surface area contributed by atoms with E-state index in [-0.39, 0.29) is 17.5 Å². The molecule has 0 radical (unpaired) electrons. The van der Waals surface area contributed by atoms with Gasteiger partial charge in [-0.15, -0.1) is 0 Å². The molecule has 1 atom stereocenters. The van der Waals surface area contributed by atoms with Crippen LogP contribution in [0, 0.1) is 6.92 Å². The lowest BCUT2D eigenvalue weighted by Gasteiger charge is -2.16. The Labute approximate surface area is 129 Å². The summed E-state index contributed by atoms with van der Waals surface area (Å²) in [6.07, 6.45) is 0.759. The third-order valence-electron chi connectivity index (χ3n) is 3.85. The van der Waals surface area contributed by atoms with Crippen molar-refractivity contribution in [2.24, 2.45) is 5.73 Å². The van der Waals surface area contributed by atoms with Gasteiger partial charge >= 0.3 is 5.63 Å². The molecule has 0 unspecified atom stereocenters. The second-order valence-corrected chi connectivity index (χ2v) is 6.25. The summed E-state index contributed by atoms with van der Waals surface area (Å²) in [4.78, 5) is 26.3. The Morgan fingerprint density at radius 3 is 2.90 bits per heavy atom. The Balaban J connectivity index is 2.14. The second kappa shape index (κ2) is 5.27. The fourth-order valence-corrected chi connectivity index (χ4v) is 3.06. The summed E-state index contributed by atoms with van der Waals surface area (Å²) in [5.74, 6) is -0.295. The van der Waals surface area contributed by atoms with Crippen LogP contribution >= 0.6 is 15.9 Å². The number of halogens is 1. The first kappa shape index (κ1) is 14.3. The molecule has 0 bridgehead atoms. The first-order valence-corrected chi connectivity index (χ1v) is 7.54. The fourth-order valence-electron chi connectivity index (χ4n) is 2.70. The van der Waals surface area contributed by atoms with E-state index >= 15 is 0 Å². The van der Waals surface area contributed by atoms with Gasteiger partial charge < -0.3 is 15.1 Å². The van der Waals surface area contributed by atoms with Crippen LogP contribution in [0.1, 0.15) is 22.3 Å². The van der Waals surface area contributed by atoms with Crippen molar-refractivity contribution in [2.45, 2.75) is 19.4 Å². The highest BCUT2D eigenvalue weighted by Crippen LogP contribution is 2.24. The van der Waals surface area contributed by atoms with Crippen LogP contribution in [0.15, 0.2) is 31.9 Å². The van der Waals surface area contributed by atoms with E-state index in [1.165, 1.54) is 0 Å². The van der Waals surface area contributed by atoms with Gasteiger partial charge in [0.2, 0.25) is 0 Å². The number of hydrogen-bond donors (Lipinski definition) is 1. The number of likely N-dealkylation sites (tertiary alicyclic amines) is 1. The van der Waals surface area contributed by atoms with Gasteiger partial charge in [0.15, 0.2) is 0 Å². The van der Waals surface area contributed by atoms with E-state index in [2.05, 4.69) is 15.9 Å². The van der Waals surface area contributed by atoms with Crippen molar-refractivity contribution in [1.29, 1.82) is 0 Å². The summed E-state index contributed by atoms with van der Waals surface area (Å²) in [5.41, 5.74) is 6.47. The molecule has 1 saturated heterocycles. The lowest BCUT2D eigenvalue weighted by atomic mass is 10.1. The van der Waals surface area contributed by atoms with Crippen LogP contribution in [0.5, 0.6) is 0 Å². The van der Waals surface area contributed by atoms with Gasteiger partial charge in [0.1, 0.15) is 11.1 Å². The molecule has 2 heterocycles. The van der Waals surface area contributed by atoms with Crippen LogP contribution in [-0.4, -0.2) is 29.9 Å². The van der Waals surface area contributed by atoms with Gasteiger partial charge in [-0.2, -0.15) is 0 Å². The van der Waals surface area contributed by atoms with Crippen LogP contribution in [0.3, 0.4) is 0 Å². The van der Waals surface area contributed by atoms with E-state index in [0.717, 1.165) is 16.3 Å². The zero-order chi connectivity index (χ0) is 15.1. The monoisotopic (exact) mass is 350 g/mol. The average Bonchev–Trinajstić information content (AvgIpc) is 2.86. The van der Waals surface area contributed by atoms with Gasteiger partial charge in [-0.1, -0.05) is 15.9 Å².